The molecule has 1 unspecified atom stereocenters. The molecule has 2 amide bonds. The third-order valence-corrected chi connectivity index (χ3v) is 9.16. The number of hydrogen-bond donors (Lipinski definition) is 2. The zero-order chi connectivity index (χ0) is 27.9. The molecule has 0 aliphatic carbocycles. The number of nitrogens with one attached hydrogen (secondary N) is 1. The van der Waals surface area contributed by atoms with Gasteiger partial charge in [0.2, 0.25) is 5.91 Å². The standard InChI is InChI=1S/C28H37N3O6S/c1-21(29-26(32)25(38(35,36)28(2,3)4)16-22-11-7-5-8-12-22)15-24-17-30(27(33)34)19-31(24)20-37-18-23-13-9-6-10-14-23/h5-14,17,21,25H,15-16,18-20H2,1-4H3,(H,29,32)(H,33,34)/t21?,25-/m0/s1. The van der Waals surface area contributed by atoms with Crippen molar-refractivity contribution in [1.29, 1.82) is 0 Å². The van der Waals surface area contributed by atoms with E-state index >= 15 is 0 Å². The number of amides is 2. The van der Waals surface area contributed by atoms with Gasteiger partial charge < -0.3 is 20.1 Å². The zero-order valence-electron chi connectivity index (χ0n) is 22.3. The lowest BCUT2D eigenvalue weighted by Gasteiger charge is -2.28. The quantitative estimate of drug-likeness (QED) is 0.440. The molecule has 206 valence electrons. The van der Waals surface area contributed by atoms with Gasteiger partial charge in [0, 0.05) is 24.4 Å². The number of carbonyl (C=O) groups is 2. The molecule has 0 saturated heterocycles. The Morgan fingerprint density at radius 1 is 1.00 bits per heavy atom. The normalized spacial score (nSPS) is 15.6. The number of sulfone groups is 1. The fraction of sp³-hybridized carbons (Fsp3) is 0.429. The van der Waals surface area contributed by atoms with Crippen molar-refractivity contribution in [3.05, 3.63) is 83.7 Å². The summed E-state index contributed by atoms with van der Waals surface area (Å²) in [6.07, 6.45) is 0.791. The second kappa shape index (κ2) is 12.4. The Morgan fingerprint density at radius 2 is 1.58 bits per heavy atom. The molecule has 1 aliphatic rings. The van der Waals surface area contributed by atoms with E-state index in [-0.39, 0.29) is 19.8 Å². The highest BCUT2D eigenvalue weighted by molar-refractivity contribution is 7.94. The maximum atomic E-state index is 13.4. The number of ether oxygens (including phenoxy) is 1. The smallest absolute Gasteiger partial charge is 0.412 e. The van der Waals surface area contributed by atoms with E-state index in [9.17, 15) is 23.1 Å². The lowest BCUT2D eigenvalue weighted by molar-refractivity contribution is -0.121. The van der Waals surface area contributed by atoms with Crippen LogP contribution in [0.2, 0.25) is 0 Å². The van der Waals surface area contributed by atoms with Gasteiger partial charge in [-0.05, 0) is 45.2 Å². The molecule has 2 aromatic carbocycles. The van der Waals surface area contributed by atoms with Gasteiger partial charge in [-0.3, -0.25) is 9.69 Å². The molecular formula is C28H37N3O6S. The molecule has 0 saturated carbocycles. The molecule has 0 fully saturated rings. The van der Waals surface area contributed by atoms with Crippen LogP contribution in [0.25, 0.3) is 0 Å². The number of carboxylic acid groups (broad SMARTS) is 1. The minimum absolute atomic E-state index is 0.0634. The maximum absolute atomic E-state index is 13.4. The van der Waals surface area contributed by atoms with E-state index in [4.69, 9.17) is 4.74 Å². The van der Waals surface area contributed by atoms with Crippen molar-refractivity contribution in [2.75, 3.05) is 13.4 Å². The molecule has 1 heterocycles. The molecule has 9 nitrogen and oxygen atoms in total. The number of benzene rings is 2. The largest absolute Gasteiger partial charge is 0.465 e. The summed E-state index contributed by atoms with van der Waals surface area (Å²) in [5.74, 6) is -0.572. The van der Waals surface area contributed by atoms with Gasteiger partial charge in [-0.1, -0.05) is 60.7 Å². The lowest BCUT2D eigenvalue weighted by atomic mass is 10.1. The summed E-state index contributed by atoms with van der Waals surface area (Å²) in [4.78, 5) is 27.9. The Labute approximate surface area is 225 Å². The van der Waals surface area contributed by atoms with Crippen LogP contribution in [-0.2, 0) is 32.4 Å². The average molecular weight is 544 g/mol. The van der Waals surface area contributed by atoms with Crippen molar-refractivity contribution >= 4 is 21.8 Å². The first-order valence-corrected chi connectivity index (χ1v) is 14.1. The topological polar surface area (TPSA) is 116 Å². The van der Waals surface area contributed by atoms with Crippen LogP contribution in [0.5, 0.6) is 0 Å². The van der Waals surface area contributed by atoms with Crippen molar-refractivity contribution in [1.82, 2.24) is 15.1 Å². The third-order valence-electron chi connectivity index (χ3n) is 6.33. The number of nitrogens with zero attached hydrogens (tertiary/aromatic N) is 2. The predicted molar refractivity (Wildman–Crippen MR) is 146 cm³/mol. The Morgan fingerprint density at radius 3 is 2.13 bits per heavy atom. The van der Waals surface area contributed by atoms with Gasteiger partial charge in [-0.15, -0.1) is 0 Å². The fourth-order valence-electron chi connectivity index (χ4n) is 4.15. The molecule has 0 aromatic heterocycles. The molecule has 0 spiro atoms. The van der Waals surface area contributed by atoms with Gasteiger partial charge >= 0.3 is 6.09 Å². The van der Waals surface area contributed by atoms with Crippen molar-refractivity contribution in [2.45, 2.75) is 63.2 Å². The first-order valence-electron chi connectivity index (χ1n) is 12.5. The van der Waals surface area contributed by atoms with Crippen LogP contribution in [0, 0.1) is 0 Å². The summed E-state index contributed by atoms with van der Waals surface area (Å²) in [5.41, 5.74) is 2.43. The zero-order valence-corrected chi connectivity index (χ0v) is 23.1. The van der Waals surface area contributed by atoms with Crippen LogP contribution in [0.4, 0.5) is 4.79 Å². The molecule has 3 rings (SSSR count). The van der Waals surface area contributed by atoms with Gasteiger partial charge in [-0.2, -0.15) is 0 Å². The van der Waals surface area contributed by atoms with Gasteiger partial charge in [0.25, 0.3) is 0 Å². The average Bonchev–Trinajstić information content (AvgIpc) is 3.25. The highest BCUT2D eigenvalue weighted by Crippen LogP contribution is 2.25. The molecule has 0 bridgehead atoms. The summed E-state index contributed by atoms with van der Waals surface area (Å²) in [6.45, 7) is 7.19. The summed E-state index contributed by atoms with van der Waals surface area (Å²) in [5, 5.41) is 11.1. The first-order chi connectivity index (χ1) is 17.9. The molecule has 1 aliphatic heterocycles. The van der Waals surface area contributed by atoms with E-state index < -0.39 is 37.9 Å². The van der Waals surface area contributed by atoms with Crippen molar-refractivity contribution in [2.24, 2.45) is 0 Å². The molecule has 38 heavy (non-hydrogen) atoms. The number of rotatable bonds is 11. The summed E-state index contributed by atoms with van der Waals surface area (Å²) < 4.78 is 31.4. The van der Waals surface area contributed by atoms with Crippen LogP contribution in [0.3, 0.4) is 0 Å². The van der Waals surface area contributed by atoms with Gasteiger partial charge in [-0.25, -0.2) is 13.2 Å². The second-order valence-electron chi connectivity index (χ2n) is 10.5. The van der Waals surface area contributed by atoms with Crippen LogP contribution in [0.1, 0.15) is 45.2 Å². The number of carbonyl (C=O) groups excluding carboxylic acids is 1. The van der Waals surface area contributed by atoms with Gasteiger partial charge in [0.15, 0.2) is 9.84 Å². The number of hydrogen-bond acceptors (Lipinski definition) is 6. The Balaban J connectivity index is 1.69. The summed E-state index contributed by atoms with van der Waals surface area (Å²) in [6, 6.07) is 18.3. The summed E-state index contributed by atoms with van der Waals surface area (Å²) >= 11 is 0. The van der Waals surface area contributed by atoms with Crippen LogP contribution < -0.4 is 5.32 Å². The maximum Gasteiger partial charge on any atom is 0.412 e. The lowest BCUT2D eigenvalue weighted by Crippen LogP contribution is -2.50. The minimum atomic E-state index is -3.82. The Kier molecular flexibility index (Phi) is 9.56. The molecule has 0 radical (unpaired) electrons. The molecule has 10 heteroatoms. The van der Waals surface area contributed by atoms with E-state index in [1.807, 2.05) is 48.5 Å². The second-order valence-corrected chi connectivity index (χ2v) is 13.4. The van der Waals surface area contributed by atoms with Crippen molar-refractivity contribution < 1.29 is 27.9 Å². The molecule has 2 atom stereocenters. The highest BCUT2D eigenvalue weighted by atomic mass is 32.2. The van der Waals surface area contributed by atoms with E-state index in [1.54, 1.807) is 44.7 Å². The van der Waals surface area contributed by atoms with Crippen molar-refractivity contribution in [3.8, 4) is 0 Å². The minimum Gasteiger partial charge on any atom is -0.465 e. The van der Waals surface area contributed by atoms with Crippen LogP contribution in [-0.4, -0.2) is 64.8 Å². The van der Waals surface area contributed by atoms with Crippen LogP contribution >= 0.6 is 0 Å². The SMILES string of the molecule is CC(CC1=CN(C(=O)O)CN1COCc1ccccc1)NC(=O)[C@H](Cc1ccccc1)S(=O)(=O)C(C)(C)C. The highest BCUT2D eigenvalue weighted by Gasteiger charge is 2.41. The Hall–Kier alpha value is -3.37. The third kappa shape index (κ3) is 7.58. The Bertz CT molecular complexity index is 1230. The van der Waals surface area contributed by atoms with E-state index in [0.717, 1.165) is 16.0 Å². The van der Waals surface area contributed by atoms with E-state index in [0.29, 0.717) is 18.7 Å². The van der Waals surface area contributed by atoms with Gasteiger partial charge in [0.1, 0.15) is 18.6 Å². The monoisotopic (exact) mass is 543 g/mol. The van der Waals surface area contributed by atoms with Gasteiger partial charge in [0.05, 0.1) is 11.4 Å². The first kappa shape index (κ1) is 29.2. The van der Waals surface area contributed by atoms with E-state index in [1.165, 1.54) is 6.20 Å². The fourth-order valence-corrected chi connectivity index (χ4v) is 5.76. The summed E-state index contributed by atoms with van der Waals surface area (Å²) in [7, 11) is -3.82. The van der Waals surface area contributed by atoms with Crippen molar-refractivity contribution in [3.63, 3.8) is 0 Å². The molecule has 2 aromatic rings. The van der Waals surface area contributed by atoms with Crippen LogP contribution in [0.15, 0.2) is 72.6 Å². The molecule has 2 N–H and O–H groups in total. The van der Waals surface area contributed by atoms with E-state index in [2.05, 4.69) is 5.32 Å². The molecular weight excluding hydrogens is 506 g/mol. The predicted octanol–water partition coefficient (Wildman–Crippen LogP) is 3.97.